The second kappa shape index (κ2) is 13.6. The van der Waals surface area contributed by atoms with Gasteiger partial charge in [0.1, 0.15) is 11.8 Å². The first-order chi connectivity index (χ1) is 22.2. The fraction of sp³-hybridized carbons (Fsp3) is 0.757. The van der Waals surface area contributed by atoms with Gasteiger partial charge in [0, 0.05) is 24.8 Å². The summed E-state index contributed by atoms with van der Waals surface area (Å²) in [7, 11) is -4.77. The number of phenols is 2. The van der Waals surface area contributed by atoms with Crippen molar-refractivity contribution in [2.45, 2.75) is 130 Å². The SMILES string of the molecule is CC(C)CC(=O)C[C@](C)(O)[C@H]1CC[C@H]2[C@@H]3C[C@H](O)[C@H]4C[C@@H](OS(=O)(=O)[O-])CC[C@]4(C)C3=CC[C@@]21C.C[C@H]1[NH2+]CCc2cc(O)c(O)cc21. The lowest BCUT2D eigenvalue weighted by Gasteiger charge is -2.59. The fourth-order valence-electron chi connectivity index (χ4n) is 10.8. The van der Waals surface area contributed by atoms with E-state index in [0.29, 0.717) is 44.1 Å². The van der Waals surface area contributed by atoms with Crippen molar-refractivity contribution in [3.8, 4) is 11.5 Å². The van der Waals surface area contributed by atoms with Crippen molar-refractivity contribution in [2.24, 2.45) is 40.4 Å². The average Bonchev–Trinajstić information content (AvgIpc) is 3.32. The Morgan fingerprint density at radius 3 is 2.48 bits per heavy atom. The topological polar surface area (TPSA) is 181 Å². The Bertz CT molecular complexity index is 1510. The highest BCUT2D eigenvalue weighted by Gasteiger charge is 2.61. The van der Waals surface area contributed by atoms with Crippen molar-refractivity contribution in [2.75, 3.05) is 6.54 Å². The van der Waals surface area contributed by atoms with E-state index in [1.165, 1.54) is 5.57 Å². The number of rotatable bonds is 7. The molecule has 3 fully saturated rings. The molecule has 6 N–H and O–H groups in total. The van der Waals surface area contributed by atoms with Gasteiger partial charge in [0.15, 0.2) is 11.5 Å². The van der Waals surface area contributed by atoms with Crippen molar-refractivity contribution in [1.82, 2.24) is 0 Å². The fourth-order valence-corrected chi connectivity index (χ4v) is 11.3. The Kier molecular flexibility index (Phi) is 10.6. The second-order valence-electron chi connectivity index (χ2n) is 16.7. The third-order valence-electron chi connectivity index (χ3n) is 12.9. The van der Waals surface area contributed by atoms with Gasteiger partial charge in [0.25, 0.3) is 0 Å². The first-order valence-electron chi connectivity index (χ1n) is 17.9. The third kappa shape index (κ3) is 7.37. The monoisotopic (exact) mass is 691 g/mol. The van der Waals surface area contributed by atoms with E-state index in [9.17, 15) is 38.2 Å². The average molecular weight is 692 g/mol. The van der Waals surface area contributed by atoms with E-state index in [0.717, 1.165) is 43.4 Å². The number of ketones is 1. The van der Waals surface area contributed by atoms with Crippen LogP contribution in [0.25, 0.3) is 0 Å². The number of phenolic OH excluding ortho intramolecular Hbond substituents is 2. The maximum atomic E-state index is 12.6. The molecule has 1 aromatic rings. The van der Waals surface area contributed by atoms with Crippen LogP contribution in [0, 0.1) is 40.4 Å². The molecule has 48 heavy (non-hydrogen) atoms. The minimum absolute atomic E-state index is 0.00662. The summed E-state index contributed by atoms with van der Waals surface area (Å²) in [6.07, 6.45) is 7.46. The molecule has 10 atom stereocenters. The summed E-state index contributed by atoms with van der Waals surface area (Å²) in [4.78, 5) is 12.6. The van der Waals surface area contributed by atoms with Gasteiger partial charge in [-0.1, -0.05) is 39.3 Å². The van der Waals surface area contributed by atoms with Crippen LogP contribution in [0.3, 0.4) is 0 Å². The van der Waals surface area contributed by atoms with Gasteiger partial charge in [-0.25, -0.2) is 8.42 Å². The number of Topliss-reactive ketones (excluding diaryl/α,β-unsaturated/α-hetero) is 1. The molecule has 1 aliphatic heterocycles. The molecular weight excluding hydrogens is 634 g/mol. The molecule has 4 aliphatic carbocycles. The van der Waals surface area contributed by atoms with E-state index in [2.05, 4.69) is 32.2 Å². The summed E-state index contributed by atoms with van der Waals surface area (Å²) in [5, 5.41) is 43.6. The van der Waals surface area contributed by atoms with Crippen LogP contribution >= 0.6 is 0 Å². The van der Waals surface area contributed by atoms with Crippen molar-refractivity contribution in [1.29, 1.82) is 0 Å². The Hall–Kier alpha value is -2.02. The van der Waals surface area contributed by atoms with E-state index in [1.54, 1.807) is 12.1 Å². The number of benzene rings is 1. The highest BCUT2D eigenvalue weighted by molar-refractivity contribution is 7.80. The normalized spacial score (nSPS) is 37.1. The zero-order chi connectivity index (χ0) is 35.4. The van der Waals surface area contributed by atoms with Crippen LogP contribution in [0.4, 0.5) is 0 Å². The van der Waals surface area contributed by atoms with E-state index in [1.807, 2.05) is 20.8 Å². The highest BCUT2D eigenvalue weighted by atomic mass is 32.3. The molecule has 0 spiro atoms. The Labute approximate surface area is 286 Å². The van der Waals surface area contributed by atoms with E-state index in [4.69, 9.17) is 4.18 Å². The van der Waals surface area contributed by atoms with Gasteiger partial charge in [-0.3, -0.25) is 8.98 Å². The van der Waals surface area contributed by atoms with Gasteiger partial charge in [-0.05, 0) is 117 Å². The summed E-state index contributed by atoms with van der Waals surface area (Å²) in [5.74, 6) is 0.768. The van der Waals surface area contributed by atoms with Crippen LogP contribution in [0.15, 0.2) is 23.8 Å². The summed E-state index contributed by atoms with van der Waals surface area (Å²) < 4.78 is 38.2. The number of aliphatic hydroxyl groups excluding tert-OH is 1. The second-order valence-corrected chi connectivity index (χ2v) is 17.7. The van der Waals surface area contributed by atoms with Crippen LogP contribution in [0.2, 0.25) is 0 Å². The first-order valence-corrected chi connectivity index (χ1v) is 19.2. The Balaban J connectivity index is 0.000000288. The third-order valence-corrected chi connectivity index (χ3v) is 13.4. The number of nitrogens with two attached hydrogens (primary N) is 1. The molecule has 11 heteroatoms. The molecule has 5 aliphatic rings. The van der Waals surface area contributed by atoms with Crippen molar-refractivity contribution >= 4 is 16.2 Å². The summed E-state index contributed by atoms with van der Waals surface area (Å²) in [6, 6.07) is 3.73. The number of fused-ring (bicyclic) bond motifs is 6. The predicted molar refractivity (Wildman–Crippen MR) is 180 cm³/mol. The number of carbonyl (C=O) groups excluding carboxylic acids is 1. The Morgan fingerprint density at radius 1 is 1.12 bits per heavy atom. The van der Waals surface area contributed by atoms with E-state index >= 15 is 0 Å². The standard InChI is InChI=1S/C27H44O7S.C10H13NO2/c1-16(2)12-17(28)15-27(5,30)24-7-6-20-19-14-23(29)22-13-18(34-35(31,32)33)8-10-25(22,3)21(19)9-11-26(20,24)4;1-6-8-5-10(13)9(12)4-7(8)2-3-11-6/h9,16,18-20,22-24,29-30H,6-8,10-15H2,1-5H3,(H,31,32,33);4-6,11-13H,2-3H2,1H3/t18-,19-,20-,22+,23-,24-,25+,26-,27-;6-/m01/s1. The molecule has 270 valence electrons. The predicted octanol–water partition coefficient (Wildman–Crippen LogP) is 4.42. The van der Waals surface area contributed by atoms with E-state index in [-0.39, 0.29) is 58.2 Å². The minimum atomic E-state index is -4.77. The maximum Gasteiger partial charge on any atom is 0.217 e. The molecule has 0 bridgehead atoms. The zero-order valence-corrected chi connectivity index (χ0v) is 30.3. The van der Waals surface area contributed by atoms with Gasteiger partial charge in [0.05, 0.1) is 24.4 Å². The van der Waals surface area contributed by atoms with Crippen molar-refractivity contribution in [3.63, 3.8) is 0 Å². The molecule has 0 amide bonds. The van der Waals surface area contributed by atoms with Crippen LogP contribution in [0.5, 0.6) is 11.5 Å². The number of hydrogen-bond acceptors (Lipinski definition) is 9. The van der Waals surface area contributed by atoms with Crippen LogP contribution in [0.1, 0.15) is 116 Å². The largest absolute Gasteiger partial charge is 0.726 e. The number of aromatic hydroxyl groups is 2. The highest BCUT2D eigenvalue weighted by Crippen LogP contribution is 2.67. The van der Waals surface area contributed by atoms with Crippen molar-refractivity contribution < 1.29 is 47.7 Å². The number of quaternary nitrogens is 1. The molecule has 0 unspecified atom stereocenters. The smallest absolute Gasteiger partial charge is 0.217 e. The zero-order valence-electron chi connectivity index (χ0n) is 29.4. The van der Waals surface area contributed by atoms with Crippen LogP contribution in [-0.4, -0.2) is 63.5 Å². The lowest BCUT2D eigenvalue weighted by Crippen LogP contribution is -2.86. The number of aliphatic hydroxyl groups is 2. The minimum Gasteiger partial charge on any atom is -0.726 e. The van der Waals surface area contributed by atoms with Gasteiger partial charge in [0.2, 0.25) is 10.4 Å². The maximum absolute atomic E-state index is 12.6. The van der Waals surface area contributed by atoms with Gasteiger partial charge in [-0.15, -0.1) is 0 Å². The summed E-state index contributed by atoms with van der Waals surface area (Å²) in [5.41, 5.74) is 2.20. The number of carbonyl (C=O) groups is 1. The van der Waals surface area contributed by atoms with Gasteiger partial charge in [-0.2, -0.15) is 0 Å². The quantitative estimate of drug-likeness (QED) is 0.120. The van der Waals surface area contributed by atoms with Gasteiger partial charge < -0.3 is 30.3 Å². The van der Waals surface area contributed by atoms with Gasteiger partial charge >= 0.3 is 0 Å². The molecule has 0 aromatic heterocycles. The van der Waals surface area contributed by atoms with E-state index < -0.39 is 28.2 Å². The molecule has 1 aromatic carbocycles. The summed E-state index contributed by atoms with van der Waals surface area (Å²) >= 11 is 0. The van der Waals surface area contributed by atoms with Crippen molar-refractivity contribution in [3.05, 3.63) is 34.9 Å². The molecule has 0 radical (unpaired) electrons. The number of hydrogen-bond donors (Lipinski definition) is 5. The van der Waals surface area contributed by atoms with Crippen LogP contribution < -0.4 is 5.32 Å². The Morgan fingerprint density at radius 2 is 1.81 bits per heavy atom. The summed E-state index contributed by atoms with van der Waals surface area (Å²) in [6.45, 7) is 13.5. The molecule has 1 heterocycles. The molecular formula is C37H57NO9S. The molecule has 10 nitrogen and oxygen atoms in total. The molecule has 3 saturated carbocycles. The lowest BCUT2D eigenvalue weighted by atomic mass is 9.47. The molecule has 6 rings (SSSR count). The number of allylic oxidation sites excluding steroid dienone is 2. The lowest BCUT2D eigenvalue weighted by molar-refractivity contribution is -0.695. The first kappa shape index (κ1) is 37.2. The van der Waals surface area contributed by atoms with Crippen LogP contribution in [-0.2, 0) is 25.8 Å². The molecule has 0 saturated heterocycles.